The van der Waals surface area contributed by atoms with Crippen LogP contribution in [0, 0.1) is 5.41 Å². The van der Waals surface area contributed by atoms with Crippen LogP contribution in [0.25, 0.3) is 0 Å². The van der Waals surface area contributed by atoms with E-state index in [1.807, 2.05) is 0 Å². The number of piperidine rings is 1. The Kier molecular flexibility index (Phi) is 4.75. The topological polar surface area (TPSA) is 54.0 Å². The molecule has 1 aliphatic rings. The van der Waals surface area contributed by atoms with Crippen LogP contribution in [0.2, 0.25) is 0 Å². The van der Waals surface area contributed by atoms with Crippen molar-refractivity contribution in [3.63, 3.8) is 0 Å². The molecule has 2 N–H and O–H groups in total. The Hall–Kier alpha value is -0.460. The zero-order valence-corrected chi connectivity index (χ0v) is 12.9. The van der Waals surface area contributed by atoms with Crippen molar-refractivity contribution < 1.29 is 4.79 Å². The van der Waals surface area contributed by atoms with Crippen molar-refractivity contribution in [3.05, 3.63) is 9.98 Å². The summed E-state index contributed by atoms with van der Waals surface area (Å²) in [5.74, 6) is 0.132. The number of rotatable bonds is 4. The molecule has 1 fully saturated rings. The number of amides is 1. The lowest BCUT2D eigenvalue weighted by Gasteiger charge is -2.35. The fourth-order valence-electron chi connectivity index (χ4n) is 2.52. The molecule has 0 saturated carbocycles. The Bertz CT molecular complexity index is 410. The van der Waals surface area contributed by atoms with E-state index in [1.54, 1.807) is 6.20 Å². The van der Waals surface area contributed by atoms with Crippen LogP contribution < -0.4 is 10.6 Å². The third kappa shape index (κ3) is 3.10. The van der Waals surface area contributed by atoms with Crippen LogP contribution in [0.5, 0.6) is 0 Å². The summed E-state index contributed by atoms with van der Waals surface area (Å²) in [7, 11) is 0. The number of carbonyl (C=O) groups excluding carboxylic acids is 1. The van der Waals surface area contributed by atoms with Crippen molar-refractivity contribution in [1.82, 2.24) is 10.3 Å². The predicted octanol–water partition coefficient (Wildman–Crippen LogP) is 3.01. The predicted molar refractivity (Wildman–Crippen MR) is 77.9 cm³/mol. The third-order valence-corrected chi connectivity index (χ3v) is 4.86. The van der Waals surface area contributed by atoms with Crippen molar-refractivity contribution in [1.29, 1.82) is 0 Å². The van der Waals surface area contributed by atoms with Gasteiger partial charge in [-0.05, 0) is 48.3 Å². The zero-order chi connectivity index (χ0) is 13.0. The van der Waals surface area contributed by atoms with Gasteiger partial charge in [0.05, 0.1) is 15.4 Å². The highest BCUT2D eigenvalue weighted by molar-refractivity contribution is 9.11. The highest BCUT2D eigenvalue weighted by atomic mass is 79.9. The quantitative estimate of drug-likeness (QED) is 0.891. The van der Waals surface area contributed by atoms with Gasteiger partial charge in [-0.1, -0.05) is 24.7 Å². The van der Waals surface area contributed by atoms with Crippen LogP contribution in [0.15, 0.2) is 9.98 Å². The summed E-state index contributed by atoms with van der Waals surface area (Å²) in [4.78, 5) is 16.7. The van der Waals surface area contributed by atoms with Gasteiger partial charge in [0.15, 0.2) is 5.13 Å². The first-order chi connectivity index (χ1) is 8.66. The van der Waals surface area contributed by atoms with Crippen LogP contribution in [0.3, 0.4) is 0 Å². The lowest BCUT2D eigenvalue weighted by atomic mass is 9.74. The van der Waals surface area contributed by atoms with Gasteiger partial charge in [-0.2, -0.15) is 0 Å². The molecule has 1 saturated heterocycles. The van der Waals surface area contributed by atoms with Gasteiger partial charge in [0.25, 0.3) is 0 Å². The molecule has 0 radical (unpaired) electrons. The molecule has 1 aromatic rings. The van der Waals surface area contributed by atoms with Crippen LogP contribution in [-0.2, 0) is 4.79 Å². The molecule has 0 aromatic carbocycles. The van der Waals surface area contributed by atoms with E-state index in [2.05, 4.69) is 38.5 Å². The van der Waals surface area contributed by atoms with E-state index < -0.39 is 0 Å². The van der Waals surface area contributed by atoms with Crippen molar-refractivity contribution >= 4 is 38.3 Å². The first-order valence-electron chi connectivity index (χ1n) is 6.30. The van der Waals surface area contributed by atoms with Gasteiger partial charge in [-0.3, -0.25) is 4.79 Å². The number of carbonyl (C=O) groups is 1. The van der Waals surface area contributed by atoms with Crippen molar-refractivity contribution in [2.75, 3.05) is 18.4 Å². The highest BCUT2D eigenvalue weighted by Gasteiger charge is 2.38. The molecule has 0 atom stereocenters. The van der Waals surface area contributed by atoms with Gasteiger partial charge in [-0.25, -0.2) is 4.98 Å². The molecule has 18 heavy (non-hydrogen) atoms. The molecule has 0 unspecified atom stereocenters. The monoisotopic (exact) mass is 331 g/mol. The molecule has 1 amide bonds. The molecule has 1 aromatic heterocycles. The second-order valence-corrected chi connectivity index (χ2v) is 7.11. The zero-order valence-electron chi connectivity index (χ0n) is 10.5. The summed E-state index contributed by atoms with van der Waals surface area (Å²) in [6.45, 7) is 3.99. The minimum atomic E-state index is -0.210. The average Bonchev–Trinajstić information content (AvgIpc) is 2.76. The number of hydrogen-bond acceptors (Lipinski definition) is 4. The number of thiazole rings is 1. The van der Waals surface area contributed by atoms with E-state index >= 15 is 0 Å². The van der Waals surface area contributed by atoms with Crippen molar-refractivity contribution in [3.8, 4) is 0 Å². The molecule has 2 rings (SSSR count). The Labute approximate surface area is 120 Å². The molecule has 0 bridgehead atoms. The minimum absolute atomic E-state index is 0.132. The van der Waals surface area contributed by atoms with Crippen LogP contribution in [0.1, 0.15) is 32.6 Å². The molecule has 2 heterocycles. The number of aromatic nitrogens is 1. The maximum absolute atomic E-state index is 12.5. The van der Waals surface area contributed by atoms with Gasteiger partial charge in [0, 0.05) is 0 Å². The molecule has 0 aliphatic carbocycles. The fraction of sp³-hybridized carbons (Fsp3) is 0.667. The number of halogens is 1. The number of hydrogen-bond donors (Lipinski definition) is 2. The first-order valence-corrected chi connectivity index (χ1v) is 7.91. The second-order valence-electron chi connectivity index (χ2n) is 4.70. The summed E-state index contributed by atoms with van der Waals surface area (Å²) in [6.07, 6.45) is 5.54. The molecule has 0 spiro atoms. The normalized spacial score (nSPS) is 18.6. The van der Waals surface area contributed by atoms with E-state index in [0.29, 0.717) is 5.13 Å². The van der Waals surface area contributed by atoms with Gasteiger partial charge in [-0.15, -0.1) is 0 Å². The van der Waals surface area contributed by atoms with E-state index in [4.69, 9.17) is 0 Å². The molecule has 4 nitrogen and oxygen atoms in total. The number of anilines is 1. The van der Waals surface area contributed by atoms with Gasteiger partial charge in [0.2, 0.25) is 5.91 Å². The number of nitrogens with one attached hydrogen (secondary N) is 2. The molecule has 6 heteroatoms. The first kappa shape index (κ1) is 14.0. The van der Waals surface area contributed by atoms with Crippen LogP contribution >= 0.6 is 27.3 Å². The maximum Gasteiger partial charge on any atom is 0.232 e. The van der Waals surface area contributed by atoms with E-state index in [1.165, 1.54) is 11.3 Å². The minimum Gasteiger partial charge on any atom is -0.317 e. The van der Waals surface area contributed by atoms with Crippen molar-refractivity contribution in [2.45, 2.75) is 32.6 Å². The lowest BCUT2D eigenvalue weighted by molar-refractivity contribution is -0.127. The molecule has 1 aliphatic heterocycles. The summed E-state index contributed by atoms with van der Waals surface area (Å²) in [5.41, 5.74) is -0.210. The Morgan fingerprint density at radius 3 is 2.89 bits per heavy atom. The standard InChI is InChI=1S/C12H18BrN3OS/c1-2-3-12(4-6-14-7-5-12)10(17)16-11-15-8-9(13)18-11/h8,14H,2-7H2,1H3,(H,15,16,17). The average molecular weight is 332 g/mol. The largest absolute Gasteiger partial charge is 0.317 e. The van der Waals surface area contributed by atoms with Gasteiger partial charge >= 0.3 is 0 Å². The highest BCUT2D eigenvalue weighted by Crippen LogP contribution is 2.36. The Balaban J connectivity index is 2.08. The van der Waals surface area contributed by atoms with Gasteiger partial charge < -0.3 is 10.6 Å². The van der Waals surface area contributed by atoms with Crippen molar-refractivity contribution in [2.24, 2.45) is 5.41 Å². The summed E-state index contributed by atoms with van der Waals surface area (Å²) in [5, 5.41) is 6.97. The van der Waals surface area contributed by atoms with Crippen LogP contribution in [-0.4, -0.2) is 24.0 Å². The molecule has 100 valence electrons. The lowest BCUT2D eigenvalue weighted by Crippen LogP contribution is -2.44. The van der Waals surface area contributed by atoms with E-state index in [0.717, 1.165) is 42.6 Å². The molecular weight excluding hydrogens is 314 g/mol. The van der Waals surface area contributed by atoms with E-state index in [9.17, 15) is 4.79 Å². The Morgan fingerprint density at radius 1 is 1.61 bits per heavy atom. The number of nitrogens with zero attached hydrogens (tertiary/aromatic N) is 1. The Morgan fingerprint density at radius 2 is 2.33 bits per heavy atom. The molecular formula is C12H18BrN3OS. The summed E-state index contributed by atoms with van der Waals surface area (Å²) >= 11 is 4.81. The van der Waals surface area contributed by atoms with Gasteiger partial charge in [0.1, 0.15) is 0 Å². The fourth-order valence-corrected chi connectivity index (χ4v) is 3.62. The van der Waals surface area contributed by atoms with E-state index in [-0.39, 0.29) is 11.3 Å². The second kappa shape index (κ2) is 6.12. The SMILES string of the molecule is CCCC1(C(=O)Nc2ncc(Br)s2)CCNCC1. The summed E-state index contributed by atoms with van der Waals surface area (Å²) in [6, 6.07) is 0. The van der Waals surface area contributed by atoms with Crippen LogP contribution in [0.4, 0.5) is 5.13 Å². The third-order valence-electron chi connectivity index (χ3n) is 3.47. The smallest absolute Gasteiger partial charge is 0.232 e. The summed E-state index contributed by atoms with van der Waals surface area (Å²) < 4.78 is 0.938. The maximum atomic E-state index is 12.5.